The largest absolute Gasteiger partial charge is 0.456 e. The highest BCUT2D eigenvalue weighted by Crippen LogP contribution is 2.55. The molecule has 0 saturated heterocycles. The average Bonchev–Trinajstić information content (AvgIpc) is 1.69. The molecule has 0 spiro atoms. The van der Waals surface area contributed by atoms with Crippen LogP contribution in [0.2, 0.25) is 0 Å². The van der Waals surface area contributed by atoms with Gasteiger partial charge in [-0.15, -0.1) is 0 Å². The molecule has 0 aliphatic rings. The van der Waals surface area contributed by atoms with Crippen LogP contribution in [0.5, 0.6) is 0 Å². The van der Waals surface area contributed by atoms with E-state index in [2.05, 4.69) is 468 Å². The van der Waals surface area contributed by atoms with E-state index in [9.17, 15) is 0 Å². The molecule has 0 aliphatic carbocycles. The molecule has 0 atom stereocenters. The number of hydrogen-bond acceptors (Lipinski definition) is 4. The zero-order chi connectivity index (χ0) is 90.3. The lowest BCUT2D eigenvalue weighted by Crippen LogP contribution is -1.92. The highest BCUT2D eigenvalue weighted by atomic mass is 16.3. The van der Waals surface area contributed by atoms with E-state index in [0.29, 0.717) is 0 Å². The lowest BCUT2D eigenvalue weighted by Gasteiger charge is -2.19. The number of hydrogen-bond donors (Lipinski definition) is 0. The van der Waals surface area contributed by atoms with Gasteiger partial charge in [-0.25, -0.2) is 0 Å². The number of benzene rings is 25. The van der Waals surface area contributed by atoms with E-state index in [0.717, 1.165) is 105 Å². The molecule has 4 aromatic heterocycles. The van der Waals surface area contributed by atoms with Gasteiger partial charge in [0.15, 0.2) is 0 Å². The Labute approximate surface area is 788 Å². The SMILES string of the molecule is Cc1ccc(-c2c3ccccc3c(-c3ccc(-c4cc5ccccc5c5ccccc45)c4oc5ccccc5c34)c3ccccc23)cc1.c1ccc(-c2ccc(-c3c4ccccc4c(-c4cccc5oc6ccccc6c45)c4ccccc34)cc2)cc1.c1ccc2c(-c3c4ccccc4c(-c4ccc(-c5cccc6oc7ccccc7c56)c5oc6ccccc6c45)c4ccccc34)cccc2c1. The Kier molecular flexibility index (Phi) is 18.5. The van der Waals surface area contributed by atoms with Crippen LogP contribution in [0.25, 0.3) is 285 Å². The highest BCUT2D eigenvalue weighted by Gasteiger charge is 2.29. The topological polar surface area (TPSA) is 52.6 Å². The molecule has 0 N–H and O–H groups in total. The van der Waals surface area contributed by atoms with Gasteiger partial charge in [0.2, 0.25) is 0 Å². The first-order valence-corrected chi connectivity index (χ1v) is 47.1. The van der Waals surface area contributed by atoms with Crippen molar-refractivity contribution in [2.24, 2.45) is 0 Å². The van der Waals surface area contributed by atoms with Gasteiger partial charge in [0.05, 0.1) is 0 Å². The number of fused-ring (bicyclic) bond motifs is 22. The Bertz CT molecular complexity index is 9820. The lowest BCUT2D eigenvalue weighted by molar-refractivity contribution is 0.668. The first-order chi connectivity index (χ1) is 67.9. The minimum absolute atomic E-state index is 0.873. The van der Waals surface area contributed by atoms with E-state index in [4.69, 9.17) is 17.7 Å². The Morgan fingerprint density at radius 3 is 0.854 bits per heavy atom. The van der Waals surface area contributed by atoms with Crippen molar-refractivity contribution in [1.82, 2.24) is 0 Å². The molecule has 0 fully saturated rings. The Balaban J connectivity index is 0.000000105. The van der Waals surface area contributed by atoms with Crippen LogP contribution in [0, 0.1) is 6.92 Å². The number of rotatable bonds is 9. The Morgan fingerprint density at radius 2 is 0.401 bits per heavy atom. The van der Waals surface area contributed by atoms with Gasteiger partial charge < -0.3 is 17.7 Å². The van der Waals surface area contributed by atoms with Crippen molar-refractivity contribution in [3.05, 3.63) is 485 Å². The van der Waals surface area contributed by atoms with Crippen molar-refractivity contribution < 1.29 is 17.7 Å². The van der Waals surface area contributed by atoms with Crippen molar-refractivity contribution in [2.45, 2.75) is 6.92 Å². The summed E-state index contributed by atoms with van der Waals surface area (Å²) in [5.74, 6) is 0. The lowest BCUT2D eigenvalue weighted by atomic mass is 9.83. The van der Waals surface area contributed by atoms with E-state index in [1.165, 1.54) is 186 Å². The van der Waals surface area contributed by atoms with Crippen LogP contribution in [-0.4, -0.2) is 0 Å². The molecule has 29 aromatic rings. The van der Waals surface area contributed by atoms with E-state index >= 15 is 0 Å². The molecule has 0 saturated carbocycles. The maximum atomic E-state index is 6.89. The van der Waals surface area contributed by atoms with Crippen LogP contribution in [0.4, 0.5) is 0 Å². The molecule has 137 heavy (non-hydrogen) atoms. The normalized spacial score (nSPS) is 11.8. The Morgan fingerprint density at radius 1 is 0.131 bits per heavy atom. The third-order valence-electron chi connectivity index (χ3n) is 28.5. The fourth-order valence-corrected chi connectivity index (χ4v) is 22.5. The first kappa shape index (κ1) is 78.8. The van der Waals surface area contributed by atoms with Crippen LogP contribution >= 0.6 is 0 Å². The van der Waals surface area contributed by atoms with Gasteiger partial charge in [0.1, 0.15) is 44.7 Å². The summed E-state index contributed by atoms with van der Waals surface area (Å²) >= 11 is 0. The van der Waals surface area contributed by atoms with Gasteiger partial charge in [0.25, 0.3) is 0 Å². The third kappa shape index (κ3) is 12.8. The summed E-state index contributed by atoms with van der Waals surface area (Å²) in [6.45, 7) is 2.15. The molecule has 0 aliphatic heterocycles. The molecule has 4 nitrogen and oxygen atoms in total. The quantitative estimate of drug-likeness (QED) is 0.107. The smallest absolute Gasteiger partial charge is 0.143 e. The van der Waals surface area contributed by atoms with Gasteiger partial charge >= 0.3 is 0 Å². The second kappa shape index (κ2) is 32.2. The predicted octanol–water partition coefficient (Wildman–Crippen LogP) is 38.3. The fourth-order valence-electron chi connectivity index (χ4n) is 22.5. The van der Waals surface area contributed by atoms with Crippen molar-refractivity contribution in [1.29, 1.82) is 0 Å². The van der Waals surface area contributed by atoms with Crippen LogP contribution in [0.3, 0.4) is 0 Å². The highest BCUT2D eigenvalue weighted by molar-refractivity contribution is 6.32. The maximum Gasteiger partial charge on any atom is 0.143 e. The summed E-state index contributed by atoms with van der Waals surface area (Å²) in [5, 5.41) is 31.4. The second-order valence-corrected chi connectivity index (χ2v) is 36.0. The summed E-state index contributed by atoms with van der Waals surface area (Å²) in [6, 6.07) is 172. The molecule has 638 valence electrons. The molecular weight excluding hydrogens is 1660 g/mol. The molecule has 4 heteroatoms. The molecule has 0 radical (unpaired) electrons. The summed E-state index contributed by atoms with van der Waals surface area (Å²) in [5.41, 5.74) is 30.1. The van der Waals surface area contributed by atoms with Gasteiger partial charge in [-0.05, 0) is 247 Å². The van der Waals surface area contributed by atoms with Gasteiger partial charge in [-0.2, -0.15) is 0 Å². The van der Waals surface area contributed by atoms with Gasteiger partial charge in [-0.1, -0.05) is 430 Å². The summed E-state index contributed by atoms with van der Waals surface area (Å²) in [4.78, 5) is 0. The minimum atomic E-state index is 0.873. The third-order valence-corrected chi connectivity index (χ3v) is 28.5. The standard InChI is InChI=1S/C48H28O2.C47H30O.C38H24O/c1-2-15-30-29(13-1)14-11-22-31(30)44-32-16-3-5-18-34(32)45(35-19-6-4-17-33(35)44)40-28-27-37(48-47(40)39-21-8-10-25-42(39)50-48)36-23-12-26-43-46(36)38-20-7-9-24-41(38)49-43;1-29-22-24-30(25-23-29)44-35-16-6-8-18-37(35)45(38-19-9-7-17-36(38)44)41-27-26-39(47-46(41)40-20-10-11-21-43(40)48-47)42-28-31-12-2-3-13-32(31)33-14-4-5-15-34(33)42;1-2-11-25(12-3-1)26-21-23-27(24-22-26)36-28-13-4-6-15-30(28)37(31-16-7-5-14-29(31)36)33-18-10-20-35-38(33)32-17-8-9-19-34(32)39-35/h1-28H;2-28H,1H3;1-24H. The van der Waals surface area contributed by atoms with Crippen LogP contribution < -0.4 is 0 Å². The number of aryl methyl sites for hydroxylation is 1. The average molecular weight is 1740 g/mol. The predicted molar refractivity (Wildman–Crippen MR) is 580 cm³/mol. The summed E-state index contributed by atoms with van der Waals surface area (Å²) in [6.07, 6.45) is 0. The molecule has 0 amide bonds. The molecule has 29 rings (SSSR count). The first-order valence-electron chi connectivity index (χ1n) is 47.1. The molecule has 0 bridgehead atoms. The van der Waals surface area contributed by atoms with Gasteiger partial charge in [-0.3, -0.25) is 0 Å². The van der Waals surface area contributed by atoms with E-state index in [1.807, 2.05) is 18.2 Å². The monoisotopic (exact) mass is 1740 g/mol. The van der Waals surface area contributed by atoms with Crippen molar-refractivity contribution in [3.63, 3.8) is 0 Å². The van der Waals surface area contributed by atoms with E-state index < -0.39 is 0 Å². The van der Waals surface area contributed by atoms with Crippen LogP contribution in [0.15, 0.2) is 497 Å². The van der Waals surface area contributed by atoms with Gasteiger partial charge in [0, 0.05) is 54.2 Å². The van der Waals surface area contributed by atoms with E-state index in [1.54, 1.807) is 0 Å². The molecular formula is C133H82O4. The summed E-state index contributed by atoms with van der Waals surface area (Å²) < 4.78 is 26.4. The minimum Gasteiger partial charge on any atom is -0.456 e. The van der Waals surface area contributed by atoms with Crippen LogP contribution in [0.1, 0.15) is 5.56 Å². The fraction of sp³-hybridized carbons (Fsp3) is 0.00752. The second-order valence-electron chi connectivity index (χ2n) is 36.0. The zero-order valence-electron chi connectivity index (χ0n) is 74.7. The van der Waals surface area contributed by atoms with Crippen molar-refractivity contribution >= 4 is 185 Å². The zero-order valence-corrected chi connectivity index (χ0v) is 74.7. The van der Waals surface area contributed by atoms with Crippen LogP contribution in [-0.2, 0) is 0 Å². The molecule has 4 heterocycles. The van der Waals surface area contributed by atoms with Crippen molar-refractivity contribution in [3.8, 4) is 100 Å². The van der Waals surface area contributed by atoms with E-state index in [-0.39, 0.29) is 0 Å². The Hall–Kier alpha value is -18.0. The number of furan rings is 4. The molecule has 0 unspecified atom stereocenters. The van der Waals surface area contributed by atoms with Crippen molar-refractivity contribution in [2.75, 3.05) is 0 Å². The maximum absolute atomic E-state index is 6.89. The number of para-hydroxylation sites is 4. The molecule has 25 aromatic carbocycles. The summed E-state index contributed by atoms with van der Waals surface area (Å²) in [7, 11) is 0.